The number of amides is 1. The molecule has 1 aliphatic rings. The molecule has 1 aliphatic heterocycles. The predicted molar refractivity (Wildman–Crippen MR) is 158 cm³/mol. The third kappa shape index (κ3) is 5.51. The Bertz CT molecular complexity index is 1640. The zero-order chi connectivity index (χ0) is 27.3. The fourth-order valence-corrected chi connectivity index (χ4v) is 5.02. The number of carbonyl (C=O) groups excluding carboxylic acids is 1. The summed E-state index contributed by atoms with van der Waals surface area (Å²) < 4.78 is 7.28. The van der Waals surface area contributed by atoms with Crippen LogP contribution in [0.15, 0.2) is 103 Å². The Kier molecular flexibility index (Phi) is 7.37. The molecule has 5 aromatic rings. The molecule has 0 radical (unpaired) electrons. The second kappa shape index (κ2) is 11.6. The minimum absolute atomic E-state index is 0.0615. The number of rotatable bonds is 7. The van der Waals surface area contributed by atoms with Gasteiger partial charge in [0, 0.05) is 49.9 Å². The number of carbonyl (C=O) groups is 1. The van der Waals surface area contributed by atoms with E-state index in [1.807, 2.05) is 94.3 Å². The van der Waals surface area contributed by atoms with Gasteiger partial charge in [0.05, 0.1) is 18.5 Å². The van der Waals surface area contributed by atoms with Crippen molar-refractivity contribution in [1.29, 1.82) is 0 Å². The van der Waals surface area contributed by atoms with E-state index in [1.165, 1.54) is 5.56 Å². The van der Waals surface area contributed by atoms with E-state index in [1.54, 1.807) is 7.11 Å². The van der Waals surface area contributed by atoms with Crippen molar-refractivity contribution in [2.75, 3.05) is 39.8 Å². The van der Waals surface area contributed by atoms with E-state index < -0.39 is 0 Å². The Balaban J connectivity index is 1.25. The van der Waals surface area contributed by atoms with Crippen molar-refractivity contribution in [2.24, 2.45) is 0 Å². The molecule has 0 spiro atoms. The van der Waals surface area contributed by atoms with Crippen LogP contribution >= 0.6 is 0 Å². The van der Waals surface area contributed by atoms with E-state index in [0.717, 1.165) is 47.9 Å². The maximum absolute atomic E-state index is 13.7. The molecule has 1 saturated heterocycles. The van der Waals surface area contributed by atoms with E-state index in [9.17, 15) is 4.79 Å². The molecule has 0 unspecified atom stereocenters. The lowest BCUT2D eigenvalue weighted by Crippen LogP contribution is -2.48. The molecule has 40 heavy (non-hydrogen) atoms. The van der Waals surface area contributed by atoms with Gasteiger partial charge in [-0.15, -0.1) is 0 Å². The zero-order valence-corrected chi connectivity index (χ0v) is 22.5. The molecule has 0 saturated carbocycles. The summed E-state index contributed by atoms with van der Waals surface area (Å²) in [6.07, 6.45) is 4.33. The van der Waals surface area contributed by atoms with Gasteiger partial charge in [0.15, 0.2) is 5.65 Å². The van der Waals surface area contributed by atoms with Crippen LogP contribution in [0.2, 0.25) is 0 Å². The van der Waals surface area contributed by atoms with Gasteiger partial charge in [0.1, 0.15) is 11.4 Å². The molecule has 0 bridgehead atoms. The number of nitrogens with zero attached hydrogens (tertiary/aromatic N) is 5. The molecule has 6 rings (SSSR count). The van der Waals surface area contributed by atoms with Gasteiger partial charge >= 0.3 is 0 Å². The largest absolute Gasteiger partial charge is 0.497 e. The summed E-state index contributed by atoms with van der Waals surface area (Å²) in [6, 6.07) is 31.9. The number of hydrogen-bond acceptors (Lipinski definition) is 5. The third-order valence-corrected chi connectivity index (χ3v) is 7.21. The Labute approximate surface area is 234 Å². The average molecular weight is 530 g/mol. The Morgan fingerprint density at radius 3 is 2.33 bits per heavy atom. The van der Waals surface area contributed by atoms with Crippen LogP contribution in [0.5, 0.6) is 5.75 Å². The van der Waals surface area contributed by atoms with Crippen LogP contribution in [0.25, 0.3) is 34.2 Å². The number of hydrogen-bond donors (Lipinski definition) is 0. The van der Waals surface area contributed by atoms with Crippen LogP contribution in [0.4, 0.5) is 0 Å². The number of methoxy groups -OCH3 is 1. The predicted octanol–water partition coefficient (Wildman–Crippen LogP) is 5.54. The number of fused-ring (bicyclic) bond motifs is 1. The average Bonchev–Trinajstić information content (AvgIpc) is 3.46. The van der Waals surface area contributed by atoms with Gasteiger partial charge in [-0.3, -0.25) is 9.69 Å². The lowest BCUT2D eigenvalue weighted by atomic mass is 10.1. The van der Waals surface area contributed by atoms with Gasteiger partial charge in [-0.05, 0) is 23.8 Å². The lowest BCUT2D eigenvalue weighted by molar-refractivity contribution is 0.0644. The first-order valence-electron chi connectivity index (χ1n) is 13.5. The van der Waals surface area contributed by atoms with Crippen LogP contribution in [-0.2, 0) is 0 Å². The van der Waals surface area contributed by atoms with Crippen LogP contribution < -0.4 is 4.74 Å². The molecular formula is C33H31N5O2. The first kappa shape index (κ1) is 25.5. The van der Waals surface area contributed by atoms with Gasteiger partial charge in [-0.25, -0.2) is 9.50 Å². The maximum Gasteiger partial charge on any atom is 0.272 e. The molecule has 7 nitrogen and oxygen atoms in total. The van der Waals surface area contributed by atoms with Crippen molar-refractivity contribution >= 4 is 17.6 Å². The lowest BCUT2D eigenvalue weighted by Gasteiger charge is -2.34. The molecule has 2 aromatic heterocycles. The van der Waals surface area contributed by atoms with Gasteiger partial charge in [-0.2, -0.15) is 5.10 Å². The second-order valence-electron chi connectivity index (χ2n) is 9.83. The zero-order valence-electron chi connectivity index (χ0n) is 22.5. The van der Waals surface area contributed by atoms with Crippen LogP contribution in [0, 0.1) is 0 Å². The summed E-state index contributed by atoms with van der Waals surface area (Å²) in [5.41, 5.74) is 5.74. The smallest absolute Gasteiger partial charge is 0.272 e. The van der Waals surface area contributed by atoms with Gasteiger partial charge in [0.2, 0.25) is 0 Å². The Morgan fingerprint density at radius 1 is 0.850 bits per heavy atom. The number of aromatic nitrogens is 3. The van der Waals surface area contributed by atoms with Crippen LogP contribution in [0.1, 0.15) is 16.1 Å². The topological polar surface area (TPSA) is 63.0 Å². The molecule has 0 N–H and O–H groups in total. The minimum Gasteiger partial charge on any atom is -0.497 e. The standard InChI is InChI=1S/C33H31N5O2/c1-40-28-16-8-15-27(22-28)31-23-30(34-32-24-29(35-38(31)32)26-13-6-3-7-14-26)33(39)37-20-18-36(19-21-37)17-9-12-25-10-4-2-5-11-25/h2-16,22-24H,17-21H2,1H3/b12-9+. The highest BCUT2D eigenvalue weighted by Gasteiger charge is 2.24. The quantitative estimate of drug-likeness (QED) is 0.277. The van der Waals surface area contributed by atoms with Crippen LogP contribution in [-0.4, -0.2) is 70.1 Å². The highest BCUT2D eigenvalue weighted by atomic mass is 16.5. The van der Waals surface area contributed by atoms with Gasteiger partial charge in [-0.1, -0.05) is 84.9 Å². The summed E-state index contributed by atoms with van der Waals surface area (Å²) in [5, 5.41) is 4.86. The highest BCUT2D eigenvalue weighted by Crippen LogP contribution is 2.28. The molecule has 200 valence electrons. The third-order valence-electron chi connectivity index (χ3n) is 7.21. The fourth-order valence-electron chi connectivity index (χ4n) is 5.02. The van der Waals surface area contributed by atoms with Gasteiger partial charge in [0.25, 0.3) is 5.91 Å². The maximum atomic E-state index is 13.7. The van der Waals surface area contributed by atoms with E-state index in [-0.39, 0.29) is 5.91 Å². The first-order chi connectivity index (χ1) is 19.7. The summed E-state index contributed by atoms with van der Waals surface area (Å²) >= 11 is 0. The highest BCUT2D eigenvalue weighted by molar-refractivity contribution is 5.94. The summed E-state index contributed by atoms with van der Waals surface area (Å²) in [6.45, 7) is 3.82. The van der Waals surface area contributed by atoms with Crippen LogP contribution in [0.3, 0.4) is 0 Å². The van der Waals surface area contributed by atoms with E-state index in [2.05, 4.69) is 29.2 Å². The van der Waals surface area contributed by atoms with Crippen molar-refractivity contribution in [3.05, 3.63) is 114 Å². The van der Waals surface area contributed by atoms with Crippen molar-refractivity contribution in [1.82, 2.24) is 24.4 Å². The molecule has 7 heteroatoms. The molecule has 1 amide bonds. The van der Waals surface area contributed by atoms with Crippen molar-refractivity contribution in [3.8, 4) is 28.3 Å². The van der Waals surface area contributed by atoms with Gasteiger partial charge < -0.3 is 9.64 Å². The first-order valence-corrected chi connectivity index (χ1v) is 13.5. The molecular weight excluding hydrogens is 498 g/mol. The van der Waals surface area contributed by atoms with Crippen molar-refractivity contribution in [3.63, 3.8) is 0 Å². The monoisotopic (exact) mass is 529 g/mol. The van der Waals surface area contributed by atoms with E-state index in [0.29, 0.717) is 24.4 Å². The SMILES string of the molecule is COc1cccc(-c2cc(C(=O)N3CCN(C/C=C/c4ccccc4)CC3)nc3cc(-c4ccccc4)nn23)c1. The summed E-state index contributed by atoms with van der Waals surface area (Å²) in [7, 11) is 1.65. The fraction of sp³-hybridized carbons (Fsp3) is 0.182. The number of piperazine rings is 1. The van der Waals surface area contributed by atoms with Crippen molar-refractivity contribution in [2.45, 2.75) is 0 Å². The molecule has 0 atom stereocenters. The van der Waals surface area contributed by atoms with E-state index in [4.69, 9.17) is 14.8 Å². The normalized spacial score (nSPS) is 14.2. The molecule has 3 aromatic carbocycles. The minimum atomic E-state index is -0.0615. The van der Waals surface area contributed by atoms with Crippen molar-refractivity contribution < 1.29 is 9.53 Å². The number of ether oxygens (including phenoxy) is 1. The van der Waals surface area contributed by atoms with E-state index >= 15 is 0 Å². The molecule has 3 heterocycles. The molecule has 1 fully saturated rings. The Morgan fingerprint density at radius 2 is 1.57 bits per heavy atom. The second-order valence-corrected chi connectivity index (χ2v) is 9.83. The number of benzene rings is 3. The molecule has 0 aliphatic carbocycles. The summed E-state index contributed by atoms with van der Waals surface area (Å²) in [5.74, 6) is 0.678. The summed E-state index contributed by atoms with van der Waals surface area (Å²) in [4.78, 5) is 22.8. The Hall–Kier alpha value is -4.75.